The van der Waals surface area contributed by atoms with Gasteiger partial charge in [-0.3, -0.25) is 19.3 Å². The summed E-state index contributed by atoms with van der Waals surface area (Å²) in [6.07, 6.45) is 6.55. The Kier molecular flexibility index (Phi) is 5.61. The molecule has 0 aromatic heterocycles. The average Bonchev–Trinajstić information content (AvgIpc) is 3.47. The number of amides is 4. The van der Waals surface area contributed by atoms with Crippen LogP contribution >= 0.6 is 0 Å². The number of nitrogens with one attached hydrogen (secondary N) is 2. The second-order valence-corrected chi connectivity index (χ2v) is 9.78. The first-order valence-electron chi connectivity index (χ1n) is 11.9. The van der Waals surface area contributed by atoms with Gasteiger partial charge in [0.15, 0.2) is 18.1 Å². The predicted molar refractivity (Wildman–Crippen MR) is 119 cm³/mol. The summed E-state index contributed by atoms with van der Waals surface area (Å²) in [4.78, 5) is 50.6. The van der Waals surface area contributed by atoms with Crippen molar-refractivity contribution in [3.63, 3.8) is 0 Å². The van der Waals surface area contributed by atoms with Crippen LogP contribution in [0.2, 0.25) is 0 Å². The van der Waals surface area contributed by atoms with E-state index in [1.165, 1.54) is 0 Å². The molecule has 2 aliphatic carbocycles. The van der Waals surface area contributed by atoms with Crippen molar-refractivity contribution < 1.29 is 33.4 Å². The van der Waals surface area contributed by atoms with Crippen LogP contribution in [0.15, 0.2) is 18.2 Å². The zero-order valence-electron chi connectivity index (χ0n) is 19.2. The molecule has 2 spiro atoms. The predicted octanol–water partition coefficient (Wildman–Crippen LogP) is 2.71. The monoisotopic (exact) mass is 471 g/mol. The minimum atomic E-state index is -0.919. The van der Waals surface area contributed by atoms with Crippen LogP contribution in [0.5, 0.6) is 11.5 Å². The number of esters is 1. The van der Waals surface area contributed by atoms with E-state index in [2.05, 4.69) is 17.6 Å². The molecule has 4 amide bonds. The number of benzene rings is 1. The van der Waals surface area contributed by atoms with Gasteiger partial charge in [0.25, 0.3) is 17.6 Å². The zero-order valence-corrected chi connectivity index (χ0v) is 19.2. The lowest BCUT2D eigenvalue weighted by molar-refractivity contribution is -0.150. The van der Waals surface area contributed by atoms with Gasteiger partial charge in [-0.2, -0.15) is 0 Å². The maximum atomic E-state index is 12.8. The number of hydrogen-bond donors (Lipinski definition) is 2. The second-order valence-electron chi connectivity index (χ2n) is 9.78. The number of urea groups is 1. The summed E-state index contributed by atoms with van der Waals surface area (Å²) in [6.45, 7) is 1.05. The minimum absolute atomic E-state index is 0.397. The molecule has 2 heterocycles. The number of carbonyl (C=O) groups excluding carboxylic acids is 4. The molecule has 0 unspecified atom stereocenters. The number of anilines is 1. The van der Waals surface area contributed by atoms with E-state index >= 15 is 0 Å². The molecule has 1 aromatic rings. The summed E-state index contributed by atoms with van der Waals surface area (Å²) in [5.41, 5.74) is -0.432. The van der Waals surface area contributed by atoms with Crippen LogP contribution in [0.4, 0.5) is 10.5 Å². The lowest BCUT2D eigenvalue weighted by Gasteiger charge is -2.33. The van der Waals surface area contributed by atoms with Crippen molar-refractivity contribution in [3.8, 4) is 11.5 Å². The Bertz CT molecular complexity index is 1030. The lowest BCUT2D eigenvalue weighted by atomic mass is 9.77. The van der Waals surface area contributed by atoms with Gasteiger partial charge in [0.1, 0.15) is 12.1 Å². The summed E-state index contributed by atoms with van der Waals surface area (Å²) in [6, 6.07) is 4.51. The van der Waals surface area contributed by atoms with Crippen molar-refractivity contribution in [1.29, 1.82) is 0 Å². The van der Waals surface area contributed by atoms with E-state index in [-0.39, 0.29) is 0 Å². The Morgan fingerprint density at radius 3 is 2.56 bits per heavy atom. The van der Waals surface area contributed by atoms with Gasteiger partial charge in [-0.05, 0) is 56.6 Å². The number of nitrogens with zero attached hydrogens (tertiary/aromatic N) is 1. The number of fused-ring (bicyclic) bond motifs is 1. The van der Waals surface area contributed by atoms with Gasteiger partial charge in [-0.1, -0.05) is 6.92 Å². The summed E-state index contributed by atoms with van der Waals surface area (Å²) in [5, 5.41) is 5.42. The molecule has 0 atom stereocenters. The summed E-state index contributed by atoms with van der Waals surface area (Å²) in [5.74, 6) is -0.640. The second kappa shape index (κ2) is 8.48. The van der Waals surface area contributed by atoms with Gasteiger partial charge < -0.3 is 24.8 Å². The third-order valence-electron chi connectivity index (χ3n) is 7.21. The fraction of sp³-hybridized carbons (Fsp3) is 0.583. The minimum Gasteiger partial charge on any atom is -0.454 e. The molecule has 2 N–H and O–H groups in total. The van der Waals surface area contributed by atoms with Crippen molar-refractivity contribution in [1.82, 2.24) is 10.2 Å². The van der Waals surface area contributed by atoms with Gasteiger partial charge in [-0.15, -0.1) is 0 Å². The molecule has 34 heavy (non-hydrogen) atoms. The number of carbonyl (C=O) groups is 4. The highest BCUT2D eigenvalue weighted by Crippen LogP contribution is 2.47. The molecule has 182 valence electrons. The summed E-state index contributed by atoms with van der Waals surface area (Å²) >= 11 is 0. The fourth-order valence-corrected chi connectivity index (χ4v) is 5.22. The van der Waals surface area contributed by atoms with Crippen molar-refractivity contribution in [2.24, 2.45) is 5.92 Å². The largest absolute Gasteiger partial charge is 0.454 e. The first kappa shape index (κ1) is 22.5. The number of rotatable bonds is 5. The normalized spacial score (nSPS) is 26.7. The van der Waals surface area contributed by atoms with E-state index in [0.717, 1.165) is 43.4 Å². The molecule has 0 radical (unpaired) electrons. The number of ether oxygens (including phenoxy) is 3. The first-order valence-corrected chi connectivity index (χ1v) is 11.9. The molecule has 2 aliphatic heterocycles. The Hall–Kier alpha value is -3.30. The molecular formula is C24H29N3O7. The van der Waals surface area contributed by atoms with Crippen LogP contribution in [-0.2, 0) is 19.1 Å². The van der Waals surface area contributed by atoms with Crippen LogP contribution in [-0.4, -0.2) is 53.2 Å². The molecular weight excluding hydrogens is 442 g/mol. The van der Waals surface area contributed by atoms with Crippen LogP contribution in [0, 0.1) is 5.92 Å². The van der Waals surface area contributed by atoms with Crippen molar-refractivity contribution in [2.75, 3.05) is 18.5 Å². The molecule has 2 saturated carbocycles. The molecule has 3 fully saturated rings. The molecule has 5 rings (SSSR count). The molecule has 4 aliphatic rings. The van der Waals surface area contributed by atoms with E-state index in [0.29, 0.717) is 35.9 Å². The highest BCUT2D eigenvalue weighted by Gasteiger charge is 2.52. The molecule has 1 saturated heterocycles. The number of imide groups is 1. The van der Waals surface area contributed by atoms with E-state index in [1.54, 1.807) is 18.2 Å². The number of hydrogen-bond acceptors (Lipinski definition) is 7. The van der Waals surface area contributed by atoms with E-state index in [1.807, 2.05) is 0 Å². The van der Waals surface area contributed by atoms with Crippen LogP contribution in [0.1, 0.15) is 58.3 Å². The van der Waals surface area contributed by atoms with Crippen molar-refractivity contribution in [2.45, 2.75) is 69.6 Å². The highest BCUT2D eigenvalue weighted by atomic mass is 16.7. The molecule has 10 heteroatoms. The lowest BCUT2D eigenvalue weighted by Crippen LogP contribution is -2.49. The maximum Gasteiger partial charge on any atom is 0.326 e. The third kappa shape index (κ3) is 4.17. The summed E-state index contributed by atoms with van der Waals surface area (Å²) in [7, 11) is 0. The Morgan fingerprint density at radius 2 is 1.82 bits per heavy atom. The average molecular weight is 472 g/mol. The van der Waals surface area contributed by atoms with Crippen LogP contribution in [0.25, 0.3) is 0 Å². The van der Waals surface area contributed by atoms with E-state index in [4.69, 9.17) is 14.2 Å². The van der Waals surface area contributed by atoms with Crippen LogP contribution in [0.3, 0.4) is 0 Å². The van der Waals surface area contributed by atoms with Gasteiger partial charge in [0, 0.05) is 24.6 Å². The quantitative estimate of drug-likeness (QED) is 0.500. The topological polar surface area (TPSA) is 123 Å². The van der Waals surface area contributed by atoms with Gasteiger partial charge >= 0.3 is 12.0 Å². The zero-order chi connectivity index (χ0) is 23.9. The van der Waals surface area contributed by atoms with Gasteiger partial charge in [0.05, 0.1) is 0 Å². The Labute approximate surface area is 197 Å². The van der Waals surface area contributed by atoms with Crippen LogP contribution < -0.4 is 20.1 Å². The van der Waals surface area contributed by atoms with Gasteiger partial charge in [-0.25, -0.2) is 4.79 Å². The highest BCUT2D eigenvalue weighted by molar-refractivity contribution is 6.08. The first-order chi connectivity index (χ1) is 16.3. The van der Waals surface area contributed by atoms with Crippen molar-refractivity contribution in [3.05, 3.63) is 18.2 Å². The molecule has 1 aromatic carbocycles. The molecule has 10 nitrogen and oxygen atoms in total. The smallest absolute Gasteiger partial charge is 0.326 e. The van der Waals surface area contributed by atoms with E-state index in [9.17, 15) is 19.2 Å². The Balaban J connectivity index is 1.11. The van der Waals surface area contributed by atoms with Crippen molar-refractivity contribution >= 4 is 29.5 Å². The fourth-order valence-electron chi connectivity index (χ4n) is 5.22. The summed E-state index contributed by atoms with van der Waals surface area (Å²) < 4.78 is 17.0. The SMILES string of the molecule is CC1CCC2(CC1)NC(=O)N(CC(=O)OCC(=O)Nc1ccc3c(c1)OC1(CCCC1)O3)C2=O. The maximum absolute atomic E-state index is 12.8. The van der Waals surface area contributed by atoms with Gasteiger partial charge in [0.2, 0.25) is 0 Å². The molecule has 0 bridgehead atoms. The Morgan fingerprint density at radius 1 is 1.12 bits per heavy atom. The third-order valence-corrected chi connectivity index (χ3v) is 7.21. The standard InChI is InChI=1S/C24H29N3O7/c1-15-6-10-23(11-7-15)21(30)27(22(31)26-23)13-20(29)32-14-19(28)25-16-4-5-17-18(12-16)34-24(33-17)8-2-3-9-24/h4-5,12,15H,2-3,6-11,13-14H2,1H3,(H,25,28)(H,26,31). The van der Waals surface area contributed by atoms with E-state index < -0.39 is 48.3 Å².